The molecule has 0 radical (unpaired) electrons. The summed E-state index contributed by atoms with van der Waals surface area (Å²) >= 11 is 2.08. The molecule has 1 nitrogen and oxygen atoms in total. The van der Waals surface area contributed by atoms with Gasteiger partial charge in [-0.2, -0.15) is 11.8 Å². The number of nitrogens with one attached hydrogen (secondary N) is 1. The molecule has 0 amide bonds. The van der Waals surface area contributed by atoms with Crippen LogP contribution in [0.5, 0.6) is 0 Å². The van der Waals surface area contributed by atoms with E-state index in [0.717, 1.165) is 6.54 Å². The lowest BCUT2D eigenvalue weighted by molar-refractivity contribution is 0.245. The molecular weight excluding hydrogens is 250 g/mol. The second kappa shape index (κ2) is 6.32. The molecule has 1 atom stereocenters. The van der Waals surface area contributed by atoms with Gasteiger partial charge in [0.1, 0.15) is 0 Å². The van der Waals surface area contributed by atoms with Gasteiger partial charge in [-0.25, -0.2) is 0 Å². The van der Waals surface area contributed by atoms with Crippen molar-refractivity contribution in [3.63, 3.8) is 0 Å². The molecule has 1 aliphatic heterocycles. The van der Waals surface area contributed by atoms with Gasteiger partial charge in [-0.15, -0.1) is 0 Å². The van der Waals surface area contributed by atoms with Crippen LogP contribution >= 0.6 is 11.8 Å². The van der Waals surface area contributed by atoms with Crippen LogP contribution in [0.15, 0.2) is 24.3 Å². The first-order chi connectivity index (χ1) is 8.99. The van der Waals surface area contributed by atoms with E-state index < -0.39 is 0 Å². The van der Waals surface area contributed by atoms with Gasteiger partial charge in [0.15, 0.2) is 0 Å². The normalized spacial score (nSPS) is 22.7. The molecule has 0 saturated carbocycles. The quantitative estimate of drug-likeness (QED) is 0.873. The molecule has 0 aromatic heterocycles. The van der Waals surface area contributed by atoms with E-state index in [1.54, 1.807) is 0 Å². The maximum Gasteiger partial charge on any atom is 0.0212 e. The van der Waals surface area contributed by atoms with Crippen LogP contribution in [0.1, 0.15) is 51.2 Å². The molecule has 1 saturated heterocycles. The third-order valence-corrected chi connectivity index (χ3v) is 5.38. The van der Waals surface area contributed by atoms with Crippen LogP contribution in [0.3, 0.4) is 0 Å². The lowest BCUT2D eigenvalue weighted by Gasteiger charge is -2.39. The Balaban J connectivity index is 1.91. The predicted octanol–water partition coefficient (Wildman–Crippen LogP) is 4.43. The fourth-order valence-corrected chi connectivity index (χ4v) is 4.17. The van der Waals surface area contributed by atoms with Crippen LogP contribution in [-0.2, 0) is 6.54 Å². The average molecular weight is 277 g/mol. The summed E-state index contributed by atoms with van der Waals surface area (Å²) in [7, 11) is 0. The van der Waals surface area contributed by atoms with Crippen LogP contribution in [0.2, 0.25) is 0 Å². The summed E-state index contributed by atoms with van der Waals surface area (Å²) in [5.41, 5.74) is 3.26. The zero-order chi connectivity index (χ0) is 13.9. The Morgan fingerprint density at radius 2 is 1.95 bits per heavy atom. The zero-order valence-corrected chi connectivity index (χ0v) is 13.5. The van der Waals surface area contributed by atoms with Crippen molar-refractivity contribution in [1.82, 2.24) is 5.32 Å². The Labute approximate surface area is 122 Å². The molecular formula is C17H27NS. The number of hydrogen-bond acceptors (Lipinski definition) is 2. The first kappa shape index (κ1) is 14.9. The number of thioether (sulfide) groups is 1. The van der Waals surface area contributed by atoms with Crippen LogP contribution in [0, 0.1) is 5.41 Å². The Hall–Kier alpha value is -0.470. The van der Waals surface area contributed by atoms with Crippen molar-refractivity contribution in [3.05, 3.63) is 35.4 Å². The summed E-state index contributed by atoms with van der Waals surface area (Å²) in [5.74, 6) is 3.18. The minimum absolute atomic E-state index is 0.434. The molecule has 1 aromatic carbocycles. The van der Waals surface area contributed by atoms with E-state index in [-0.39, 0.29) is 0 Å². The van der Waals surface area contributed by atoms with E-state index in [0.29, 0.717) is 17.4 Å². The molecule has 106 valence electrons. The number of hydrogen-bond donors (Lipinski definition) is 1. The lowest BCUT2D eigenvalue weighted by atomic mass is 9.82. The highest BCUT2D eigenvalue weighted by molar-refractivity contribution is 7.99. The van der Waals surface area contributed by atoms with Gasteiger partial charge in [0.05, 0.1) is 0 Å². The summed E-state index contributed by atoms with van der Waals surface area (Å²) in [6.07, 6.45) is 1.32. The summed E-state index contributed by atoms with van der Waals surface area (Å²) in [6, 6.07) is 9.71. The summed E-state index contributed by atoms with van der Waals surface area (Å²) < 4.78 is 0. The molecule has 0 bridgehead atoms. The third kappa shape index (κ3) is 4.00. The van der Waals surface area contributed by atoms with E-state index in [1.165, 1.54) is 29.1 Å². The smallest absolute Gasteiger partial charge is 0.0212 e. The summed E-state index contributed by atoms with van der Waals surface area (Å²) in [6.45, 7) is 10.3. The van der Waals surface area contributed by atoms with Crippen molar-refractivity contribution in [1.29, 1.82) is 0 Å². The molecule has 2 heteroatoms. The topological polar surface area (TPSA) is 12.0 Å². The SMILES string of the molecule is CC(C)c1ccc(CNC2CSCCC2(C)C)cc1. The second-order valence-corrected chi connectivity index (χ2v) is 7.79. The van der Waals surface area contributed by atoms with Crippen LogP contribution in [0.25, 0.3) is 0 Å². The highest BCUT2D eigenvalue weighted by Crippen LogP contribution is 2.34. The molecule has 0 spiro atoms. The Bertz CT molecular complexity index is 394. The van der Waals surface area contributed by atoms with Gasteiger partial charge in [0, 0.05) is 18.3 Å². The largest absolute Gasteiger partial charge is 0.309 e. The minimum Gasteiger partial charge on any atom is -0.309 e. The van der Waals surface area contributed by atoms with Crippen LogP contribution in [-0.4, -0.2) is 17.5 Å². The molecule has 1 aliphatic rings. The van der Waals surface area contributed by atoms with Crippen molar-refractivity contribution in [2.75, 3.05) is 11.5 Å². The first-order valence-corrected chi connectivity index (χ1v) is 8.54. The Morgan fingerprint density at radius 3 is 2.53 bits per heavy atom. The molecule has 19 heavy (non-hydrogen) atoms. The van der Waals surface area contributed by atoms with Crippen LogP contribution in [0.4, 0.5) is 0 Å². The van der Waals surface area contributed by atoms with Gasteiger partial charge in [-0.05, 0) is 34.6 Å². The van der Waals surface area contributed by atoms with Crippen LogP contribution < -0.4 is 5.32 Å². The van der Waals surface area contributed by atoms with Crippen molar-refractivity contribution < 1.29 is 0 Å². The van der Waals surface area contributed by atoms with Gasteiger partial charge in [-0.1, -0.05) is 52.0 Å². The fourth-order valence-electron chi connectivity index (χ4n) is 2.53. The van der Waals surface area contributed by atoms with E-state index >= 15 is 0 Å². The van der Waals surface area contributed by atoms with Crippen molar-refractivity contribution in [2.45, 2.75) is 52.6 Å². The number of benzene rings is 1. The van der Waals surface area contributed by atoms with E-state index in [9.17, 15) is 0 Å². The first-order valence-electron chi connectivity index (χ1n) is 7.39. The molecule has 2 rings (SSSR count). The lowest BCUT2D eigenvalue weighted by Crippen LogP contribution is -2.46. The average Bonchev–Trinajstić information content (AvgIpc) is 2.37. The Morgan fingerprint density at radius 1 is 1.26 bits per heavy atom. The fraction of sp³-hybridized carbons (Fsp3) is 0.647. The zero-order valence-electron chi connectivity index (χ0n) is 12.7. The molecule has 1 aromatic rings. The molecule has 1 unspecified atom stereocenters. The minimum atomic E-state index is 0.434. The summed E-state index contributed by atoms with van der Waals surface area (Å²) in [4.78, 5) is 0. The summed E-state index contributed by atoms with van der Waals surface area (Å²) in [5, 5.41) is 3.76. The standard InChI is InChI=1S/C17H27NS/c1-13(2)15-7-5-14(6-8-15)11-18-16-12-19-10-9-17(16,3)4/h5-8,13,16,18H,9-12H2,1-4H3. The van der Waals surface area contributed by atoms with Crippen molar-refractivity contribution in [2.24, 2.45) is 5.41 Å². The third-order valence-electron chi connectivity index (χ3n) is 4.32. The maximum absolute atomic E-state index is 3.76. The molecule has 0 aliphatic carbocycles. The number of rotatable bonds is 4. The van der Waals surface area contributed by atoms with Gasteiger partial charge in [-0.3, -0.25) is 0 Å². The molecule has 1 N–H and O–H groups in total. The highest BCUT2D eigenvalue weighted by Gasteiger charge is 2.31. The predicted molar refractivity (Wildman–Crippen MR) is 86.9 cm³/mol. The van der Waals surface area contributed by atoms with E-state index in [4.69, 9.17) is 0 Å². The van der Waals surface area contributed by atoms with Gasteiger partial charge >= 0.3 is 0 Å². The van der Waals surface area contributed by atoms with Gasteiger partial charge < -0.3 is 5.32 Å². The highest BCUT2D eigenvalue weighted by atomic mass is 32.2. The van der Waals surface area contributed by atoms with E-state index in [2.05, 4.69) is 69.0 Å². The monoisotopic (exact) mass is 277 g/mol. The second-order valence-electron chi connectivity index (χ2n) is 6.64. The van der Waals surface area contributed by atoms with Gasteiger partial charge in [0.2, 0.25) is 0 Å². The maximum atomic E-state index is 3.76. The van der Waals surface area contributed by atoms with Crippen molar-refractivity contribution in [3.8, 4) is 0 Å². The molecule has 1 heterocycles. The van der Waals surface area contributed by atoms with E-state index in [1.807, 2.05) is 0 Å². The van der Waals surface area contributed by atoms with Crippen molar-refractivity contribution >= 4 is 11.8 Å². The molecule has 1 fully saturated rings. The van der Waals surface area contributed by atoms with Gasteiger partial charge in [0.25, 0.3) is 0 Å². The Kier molecular flexibility index (Phi) is 4.97.